The number of rotatable bonds is 4. The smallest absolute Gasteiger partial charge is 0.333 e. The third kappa shape index (κ3) is 4.27. The van der Waals surface area contributed by atoms with Crippen molar-refractivity contribution in [3.05, 3.63) is 41.7 Å². The quantitative estimate of drug-likeness (QED) is 0.863. The molecule has 0 radical (unpaired) electrons. The first-order chi connectivity index (χ1) is 11.7. The first-order valence-electron chi connectivity index (χ1n) is 7.95. The lowest BCUT2D eigenvalue weighted by molar-refractivity contribution is -0.140. The molecule has 0 saturated heterocycles. The highest BCUT2D eigenvalue weighted by Gasteiger charge is 2.34. The number of benzene rings is 1. The zero-order valence-corrected chi connectivity index (χ0v) is 16.0. The van der Waals surface area contributed by atoms with E-state index in [4.69, 9.17) is 0 Å². The van der Waals surface area contributed by atoms with E-state index in [9.17, 15) is 21.6 Å². The summed E-state index contributed by atoms with van der Waals surface area (Å²) in [7, 11) is -2.03. The molecule has 2 rings (SSSR count). The lowest BCUT2D eigenvalue weighted by atomic mass is 10.1. The first-order valence-corrected chi connectivity index (χ1v) is 9.43. The molecule has 0 aliphatic carbocycles. The Hall–Kier alpha value is -1.87. The van der Waals surface area contributed by atoms with Gasteiger partial charge in [-0.3, -0.25) is 0 Å². The number of halogens is 3. The Morgan fingerprint density at radius 1 is 1.12 bits per heavy atom. The molecule has 0 spiro atoms. The summed E-state index contributed by atoms with van der Waals surface area (Å²) in [4.78, 5) is 3.64. The van der Waals surface area contributed by atoms with Crippen LogP contribution in [0.2, 0.25) is 0 Å². The highest BCUT2D eigenvalue weighted by molar-refractivity contribution is 7.90. The maximum Gasteiger partial charge on any atom is 0.434 e. The van der Waals surface area contributed by atoms with Crippen LogP contribution >= 0.6 is 0 Å². The number of imidazole rings is 1. The molecule has 1 heterocycles. The molecule has 9 heteroatoms. The summed E-state index contributed by atoms with van der Waals surface area (Å²) in [5, 5.41) is 0. The minimum atomic E-state index is -4.50. The average Bonchev–Trinajstić information content (AvgIpc) is 2.88. The number of nitrogens with zero attached hydrogens (tertiary/aromatic N) is 2. The van der Waals surface area contributed by atoms with Gasteiger partial charge in [-0.2, -0.15) is 13.2 Å². The average molecular weight is 389 g/mol. The van der Waals surface area contributed by atoms with Gasteiger partial charge in [0.1, 0.15) is 5.82 Å². The third-order valence-electron chi connectivity index (χ3n) is 3.97. The van der Waals surface area contributed by atoms with Gasteiger partial charge in [0.15, 0.2) is 5.69 Å². The summed E-state index contributed by atoms with van der Waals surface area (Å²) in [6, 6.07) is 6.13. The van der Waals surface area contributed by atoms with Crippen LogP contribution in [0.15, 0.2) is 30.5 Å². The molecule has 1 aromatic carbocycles. The first kappa shape index (κ1) is 20.4. The number of hydrogen-bond donors (Lipinski definition) is 1. The van der Waals surface area contributed by atoms with Gasteiger partial charge in [-0.25, -0.2) is 18.1 Å². The lowest BCUT2D eigenvalue weighted by Gasteiger charge is -2.23. The fourth-order valence-electron chi connectivity index (χ4n) is 2.27. The third-order valence-corrected chi connectivity index (χ3v) is 6.25. The number of nitrogens with one attached hydrogen (secondary N) is 1. The van der Waals surface area contributed by atoms with Crippen molar-refractivity contribution in [2.24, 2.45) is 7.05 Å². The van der Waals surface area contributed by atoms with Crippen molar-refractivity contribution in [2.45, 2.75) is 44.7 Å². The van der Waals surface area contributed by atoms with E-state index in [0.717, 1.165) is 6.20 Å². The van der Waals surface area contributed by atoms with Crippen LogP contribution in [0.3, 0.4) is 0 Å². The summed E-state index contributed by atoms with van der Waals surface area (Å²) < 4.78 is 65.8. The van der Waals surface area contributed by atoms with Crippen molar-refractivity contribution < 1.29 is 21.6 Å². The van der Waals surface area contributed by atoms with Gasteiger partial charge in [0.2, 0.25) is 10.0 Å². The Balaban J connectivity index is 2.25. The molecule has 1 atom stereocenters. The van der Waals surface area contributed by atoms with E-state index in [2.05, 4.69) is 9.71 Å². The zero-order valence-electron chi connectivity index (χ0n) is 15.2. The molecule has 1 N–H and O–H groups in total. The molecular formula is C17H22F3N3O2S. The van der Waals surface area contributed by atoms with Crippen LogP contribution in [0.4, 0.5) is 13.2 Å². The van der Waals surface area contributed by atoms with Gasteiger partial charge in [-0.1, -0.05) is 24.3 Å². The Bertz CT molecular complexity index is 879. The second-order valence-electron chi connectivity index (χ2n) is 7.14. The molecule has 1 aromatic heterocycles. The van der Waals surface area contributed by atoms with E-state index in [1.165, 1.54) is 11.6 Å². The summed E-state index contributed by atoms with van der Waals surface area (Å²) in [6.45, 7) is 6.51. The minimum Gasteiger partial charge on any atom is -0.333 e. The number of alkyl halides is 3. The van der Waals surface area contributed by atoms with E-state index >= 15 is 0 Å². The molecule has 0 saturated carbocycles. The Kier molecular flexibility index (Phi) is 5.26. The number of hydrogen-bond acceptors (Lipinski definition) is 3. The fraction of sp³-hybridized carbons (Fsp3) is 0.471. The maximum absolute atomic E-state index is 12.8. The van der Waals surface area contributed by atoms with Gasteiger partial charge in [-0.05, 0) is 33.3 Å². The van der Waals surface area contributed by atoms with Crippen LogP contribution in [0.1, 0.15) is 45.0 Å². The summed E-state index contributed by atoms with van der Waals surface area (Å²) in [5.41, 5.74) is 0.259. The molecule has 0 bridgehead atoms. The molecule has 0 unspecified atom stereocenters. The Morgan fingerprint density at radius 2 is 1.65 bits per heavy atom. The zero-order chi connectivity index (χ0) is 19.9. The lowest BCUT2D eigenvalue weighted by Crippen LogP contribution is -2.40. The van der Waals surface area contributed by atoms with Gasteiger partial charge in [-0.15, -0.1) is 0 Å². The van der Waals surface area contributed by atoms with Crippen LogP contribution < -0.4 is 4.72 Å². The molecule has 0 amide bonds. The van der Waals surface area contributed by atoms with Gasteiger partial charge in [0.25, 0.3) is 0 Å². The van der Waals surface area contributed by atoms with E-state index in [1.807, 2.05) is 0 Å². The standard InChI is InChI=1S/C17H22F3N3O2S/c1-11(22-26(24,25)16(2,3)4)12-6-8-13(9-7-12)15-21-14(10-23(15)5)17(18,19)20/h6-11,22H,1-5H3/t11-/m1/s1. The second-order valence-corrected chi connectivity index (χ2v) is 9.60. The van der Waals surface area contributed by atoms with Gasteiger partial charge >= 0.3 is 6.18 Å². The van der Waals surface area contributed by atoms with Crippen molar-refractivity contribution in [3.63, 3.8) is 0 Å². The fourth-order valence-corrected chi connectivity index (χ4v) is 3.22. The van der Waals surface area contributed by atoms with Gasteiger partial charge in [0, 0.05) is 24.8 Å². The van der Waals surface area contributed by atoms with Crippen molar-refractivity contribution >= 4 is 10.0 Å². The van der Waals surface area contributed by atoms with Gasteiger partial charge < -0.3 is 4.57 Å². The van der Waals surface area contributed by atoms with E-state index in [1.54, 1.807) is 52.0 Å². The van der Waals surface area contributed by atoms with E-state index < -0.39 is 32.7 Å². The largest absolute Gasteiger partial charge is 0.434 e. The molecule has 0 aliphatic heterocycles. The predicted molar refractivity (Wildman–Crippen MR) is 93.9 cm³/mol. The molecule has 5 nitrogen and oxygen atoms in total. The van der Waals surface area contributed by atoms with Crippen LogP contribution in [-0.2, 0) is 23.2 Å². The van der Waals surface area contributed by atoms with E-state index in [0.29, 0.717) is 11.1 Å². The van der Waals surface area contributed by atoms with Crippen molar-refractivity contribution in [2.75, 3.05) is 0 Å². The normalized spacial score (nSPS) is 14.5. The van der Waals surface area contributed by atoms with Crippen molar-refractivity contribution in [1.29, 1.82) is 0 Å². The Morgan fingerprint density at radius 3 is 2.08 bits per heavy atom. The summed E-state index contributed by atoms with van der Waals surface area (Å²) in [5.74, 6) is 0.187. The summed E-state index contributed by atoms with van der Waals surface area (Å²) >= 11 is 0. The molecule has 0 aliphatic rings. The molecule has 2 aromatic rings. The number of aromatic nitrogens is 2. The van der Waals surface area contributed by atoms with Crippen LogP contribution in [-0.4, -0.2) is 22.7 Å². The SMILES string of the molecule is C[C@@H](NS(=O)(=O)C(C)(C)C)c1ccc(-c2nc(C(F)(F)F)cn2C)cc1. The predicted octanol–water partition coefficient (Wildman–Crippen LogP) is 3.88. The maximum atomic E-state index is 12.8. The van der Waals surface area contributed by atoms with Crippen LogP contribution in [0, 0.1) is 0 Å². The highest BCUT2D eigenvalue weighted by atomic mass is 32.2. The van der Waals surface area contributed by atoms with Crippen LogP contribution in [0.25, 0.3) is 11.4 Å². The van der Waals surface area contributed by atoms with Crippen LogP contribution in [0.5, 0.6) is 0 Å². The van der Waals surface area contributed by atoms with Crippen molar-refractivity contribution in [3.8, 4) is 11.4 Å². The monoisotopic (exact) mass is 389 g/mol. The number of sulfonamides is 1. The molecule has 26 heavy (non-hydrogen) atoms. The highest BCUT2D eigenvalue weighted by Crippen LogP contribution is 2.31. The molecular weight excluding hydrogens is 367 g/mol. The minimum absolute atomic E-state index is 0.187. The van der Waals surface area contributed by atoms with Crippen molar-refractivity contribution in [1.82, 2.24) is 14.3 Å². The topological polar surface area (TPSA) is 64.0 Å². The second kappa shape index (κ2) is 6.70. The summed E-state index contributed by atoms with van der Waals surface area (Å²) in [6.07, 6.45) is -3.57. The molecule has 144 valence electrons. The number of aryl methyl sites for hydroxylation is 1. The molecule has 0 fully saturated rings. The van der Waals surface area contributed by atoms with Gasteiger partial charge in [0.05, 0.1) is 4.75 Å². The Labute approximate surface area is 151 Å². The van der Waals surface area contributed by atoms with E-state index in [-0.39, 0.29) is 5.82 Å².